The Morgan fingerprint density at radius 3 is 2.56 bits per heavy atom. The average Bonchev–Trinajstić information content (AvgIpc) is 2.30. The molecule has 0 bridgehead atoms. The summed E-state index contributed by atoms with van der Waals surface area (Å²) in [5.74, 6) is -2.08. The van der Waals surface area contributed by atoms with Crippen LogP contribution in [0, 0.1) is 5.82 Å². The van der Waals surface area contributed by atoms with Gasteiger partial charge in [0.05, 0.1) is 14.2 Å². The zero-order chi connectivity index (χ0) is 12.1. The van der Waals surface area contributed by atoms with E-state index in [-0.39, 0.29) is 12.2 Å². The molecule has 1 rings (SSSR count). The van der Waals surface area contributed by atoms with Gasteiger partial charge in [-0.05, 0) is 17.7 Å². The number of methoxy groups -OCH3 is 2. The molecule has 0 amide bonds. The topological polar surface area (TPSA) is 52.6 Å². The number of hydrogen-bond donors (Lipinski definition) is 0. The molecular formula is C11H11FO4. The van der Waals surface area contributed by atoms with Crippen LogP contribution in [0.3, 0.4) is 0 Å². The minimum absolute atomic E-state index is 0.0372. The van der Waals surface area contributed by atoms with Crippen LogP contribution in [0.5, 0.6) is 5.75 Å². The molecule has 0 saturated heterocycles. The fraction of sp³-hybridized carbons (Fsp3) is 0.273. The van der Waals surface area contributed by atoms with Crippen molar-refractivity contribution in [3.63, 3.8) is 0 Å². The van der Waals surface area contributed by atoms with Gasteiger partial charge in [-0.25, -0.2) is 9.18 Å². The fourth-order valence-electron chi connectivity index (χ4n) is 1.19. The number of Topliss-reactive ketones (excluding diaryl/α,β-unsaturated/α-hetero) is 1. The van der Waals surface area contributed by atoms with Crippen molar-refractivity contribution >= 4 is 11.8 Å². The summed E-state index contributed by atoms with van der Waals surface area (Å²) in [5.41, 5.74) is 0.494. The molecule has 0 aliphatic carbocycles. The second-order valence-corrected chi connectivity index (χ2v) is 3.06. The number of ketones is 1. The standard InChI is InChI=1S/C11H11FO4/c1-15-10-6-7(3-4-8(10)12)5-9(13)11(14)16-2/h3-4,6H,5H2,1-2H3. The first-order chi connectivity index (χ1) is 7.58. The molecule has 0 unspecified atom stereocenters. The Morgan fingerprint density at radius 1 is 1.31 bits per heavy atom. The number of halogens is 1. The summed E-state index contributed by atoms with van der Waals surface area (Å²) < 4.78 is 22.1. The van der Waals surface area contributed by atoms with Gasteiger partial charge in [-0.2, -0.15) is 0 Å². The average molecular weight is 226 g/mol. The van der Waals surface area contributed by atoms with E-state index < -0.39 is 17.6 Å². The van der Waals surface area contributed by atoms with E-state index in [0.29, 0.717) is 5.56 Å². The number of benzene rings is 1. The van der Waals surface area contributed by atoms with Crippen molar-refractivity contribution in [3.05, 3.63) is 29.6 Å². The quantitative estimate of drug-likeness (QED) is 0.570. The van der Waals surface area contributed by atoms with E-state index in [1.165, 1.54) is 25.3 Å². The van der Waals surface area contributed by atoms with Crippen LogP contribution in [0.15, 0.2) is 18.2 Å². The van der Waals surface area contributed by atoms with Crippen LogP contribution in [0.1, 0.15) is 5.56 Å². The van der Waals surface area contributed by atoms with E-state index >= 15 is 0 Å². The number of hydrogen-bond acceptors (Lipinski definition) is 4. The first-order valence-electron chi connectivity index (χ1n) is 4.52. The van der Waals surface area contributed by atoms with Gasteiger partial charge in [-0.1, -0.05) is 6.07 Å². The van der Waals surface area contributed by atoms with Gasteiger partial charge in [0.25, 0.3) is 0 Å². The number of ether oxygens (including phenoxy) is 2. The van der Waals surface area contributed by atoms with Crippen LogP contribution in [-0.4, -0.2) is 26.0 Å². The van der Waals surface area contributed by atoms with Gasteiger partial charge in [0.2, 0.25) is 5.78 Å². The van der Waals surface area contributed by atoms with Crippen LogP contribution in [-0.2, 0) is 20.7 Å². The third kappa shape index (κ3) is 2.79. The molecule has 1 aromatic rings. The lowest BCUT2D eigenvalue weighted by atomic mass is 10.1. The third-order valence-electron chi connectivity index (χ3n) is 1.99. The Hall–Kier alpha value is -1.91. The van der Waals surface area contributed by atoms with E-state index in [9.17, 15) is 14.0 Å². The van der Waals surface area contributed by atoms with Gasteiger partial charge >= 0.3 is 5.97 Å². The van der Waals surface area contributed by atoms with Crippen LogP contribution in [0.25, 0.3) is 0 Å². The smallest absolute Gasteiger partial charge is 0.374 e. The number of carbonyl (C=O) groups is 2. The van der Waals surface area contributed by atoms with Gasteiger partial charge in [-0.15, -0.1) is 0 Å². The van der Waals surface area contributed by atoms with Gasteiger partial charge in [0, 0.05) is 6.42 Å². The lowest BCUT2D eigenvalue weighted by Gasteiger charge is -2.04. The van der Waals surface area contributed by atoms with E-state index in [1.807, 2.05) is 0 Å². The minimum Gasteiger partial charge on any atom is -0.494 e. The minimum atomic E-state index is -0.914. The molecule has 0 saturated carbocycles. The molecule has 0 heterocycles. The maximum absolute atomic E-state index is 13.0. The predicted molar refractivity (Wildman–Crippen MR) is 53.7 cm³/mol. The molecule has 0 spiro atoms. The summed E-state index contributed by atoms with van der Waals surface area (Å²) in [6, 6.07) is 3.97. The zero-order valence-electron chi connectivity index (χ0n) is 8.95. The lowest BCUT2D eigenvalue weighted by molar-refractivity contribution is -0.151. The molecule has 0 atom stereocenters. The Kier molecular flexibility index (Phi) is 3.99. The Morgan fingerprint density at radius 2 is 2.00 bits per heavy atom. The largest absolute Gasteiger partial charge is 0.494 e. The second-order valence-electron chi connectivity index (χ2n) is 3.06. The Bertz CT molecular complexity index is 414. The van der Waals surface area contributed by atoms with Gasteiger partial charge in [0.1, 0.15) is 0 Å². The maximum atomic E-state index is 13.0. The molecule has 0 aliphatic rings. The summed E-state index contributed by atoms with van der Waals surface area (Å²) in [7, 11) is 2.45. The normalized spacial score (nSPS) is 9.69. The highest BCUT2D eigenvalue weighted by Gasteiger charge is 2.15. The highest BCUT2D eigenvalue weighted by atomic mass is 19.1. The highest BCUT2D eigenvalue weighted by Crippen LogP contribution is 2.18. The van der Waals surface area contributed by atoms with E-state index in [0.717, 1.165) is 7.11 Å². The van der Waals surface area contributed by atoms with E-state index in [4.69, 9.17) is 4.74 Å². The number of rotatable bonds is 4. The van der Waals surface area contributed by atoms with Crippen LogP contribution >= 0.6 is 0 Å². The predicted octanol–water partition coefficient (Wildman–Crippen LogP) is 1.12. The molecule has 0 N–H and O–H groups in total. The van der Waals surface area contributed by atoms with Gasteiger partial charge < -0.3 is 9.47 Å². The summed E-state index contributed by atoms with van der Waals surface area (Å²) in [4.78, 5) is 22.1. The van der Waals surface area contributed by atoms with Gasteiger partial charge in [-0.3, -0.25) is 4.79 Å². The van der Waals surface area contributed by atoms with Crippen molar-refractivity contribution in [3.8, 4) is 5.75 Å². The fourth-order valence-corrected chi connectivity index (χ4v) is 1.19. The van der Waals surface area contributed by atoms with Crippen LogP contribution in [0.4, 0.5) is 4.39 Å². The van der Waals surface area contributed by atoms with Crippen molar-refractivity contribution in [1.82, 2.24) is 0 Å². The Balaban J connectivity index is 2.82. The first-order valence-corrected chi connectivity index (χ1v) is 4.52. The van der Waals surface area contributed by atoms with Crippen molar-refractivity contribution in [2.75, 3.05) is 14.2 Å². The number of esters is 1. The molecular weight excluding hydrogens is 215 g/mol. The van der Waals surface area contributed by atoms with Crippen LogP contribution < -0.4 is 4.74 Å². The lowest BCUT2D eigenvalue weighted by Crippen LogP contribution is -2.17. The molecule has 16 heavy (non-hydrogen) atoms. The summed E-state index contributed by atoms with van der Waals surface area (Å²) in [6.45, 7) is 0. The highest BCUT2D eigenvalue weighted by molar-refractivity contribution is 6.34. The Labute approximate surface area is 92.0 Å². The summed E-state index contributed by atoms with van der Waals surface area (Å²) in [5, 5.41) is 0. The third-order valence-corrected chi connectivity index (χ3v) is 1.99. The first kappa shape index (κ1) is 12.2. The second kappa shape index (κ2) is 5.25. The summed E-state index contributed by atoms with van der Waals surface area (Å²) >= 11 is 0. The molecule has 1 aromatic carbocycles. The van der Waals surface area contributed by atoms with Crippen molar-refractivity contribution in [2.45, 2.75) is 6.42 Å². The molecule has 0 aliphatic heterocycles. The summed E-state index contributed by atoms with van der Waals surface area (Å²) in [6.07, 6.45) is -0.136. The zero-order valence-corrected chi connectivity index (χ0v) is 8.95. The molecule has 0 fully saturated rings. The van der Waals surface area contributed by atoms with E-state index in [2.05, 4.69) is 4.74 Å². The molecule has 86 valence electrons. The monoisotopic (exact) mass is 226 g/mol. The maximum Gasteiger partial charge on any atom is 0.374 e. The molecule has 0 aromatic heterocycles. The molecule has 5 heteroatoms. The van der Waals surface area contributed by atoms with Crippen molar-refractivity contribution < 1.29 is 23.5 Å². The van der Waals surface area contributed by atoms with E-state index in [1.54, 1.807) is 0 Å². The van der Waals surface area contributed by atoms with Crippen molar-refractivity contribution in [1.29, 1.82) is 0 Å². The molecule has 0 radical (unpaired) electrons. The number of carbonyl (C=O) groups excluding carboxylic acids is 2. The van der Waals surface area contributed by atoms with Crippen molar-refractivity contribution in [2.24, 2.45) is 0 Å². The SMILES string of the molecule is COC(=O)C(=O)Cc1ccc(F)c(OC)c1. The molecule has 4 nitrogen and oxygen atoms in total. The van der Waals surface area contributed by atoms with Crippen LogP contribution in [0.2, 0.25) is 0 Å². The van der Waals surface area contributed by atoms with Gasteiger partial charge in [0.15, 0.2) is 11.6 Å².